The van der Waals surface area contributed by atoms with E-state index < -0.39 is 17.6 Å². The standard InChI is InChI=1S/C21H19ClN4O3/c1-13-19(14(2)26(25-13)17-6-4-3-5-7-17)20(28)21(29)24-23-18(27)12-15-8-10-16(22)11-9-15/h3-11H,12H2,1-2H3,(H,23,27)(H,24,29). The first kappa shape index (κ1) is 20.3. The topological polar surface area (TPSA) is 93.1 Å². The minimum atomic E-state index is -0.937. The van der Waals surface area contributed by atoms with Gasteiger partial charge in [0.2, 0.25) is 5.91 Å². The van der Waals surface area contributed by atoms with Crippen LogP contribution in [-0.2, 0) is 16.0 Å². The van der Waals surface area contributed by atoms with Gasteiger partial charge in [-0.2, -0.15) is 5.10 Å². The third-order valence-electron chi connectivity index (χ3n) is 4.32. The highest BCUT2D eigenvalue weighted by Crippen LogP contribution is 2.18. The Morgan fingerprint density at radius 1 is 0.966 bits per heavy atom. The maximum absolute atomic E-state index is 12.6. The zero-order chi connectivity index (χ0) is 21.0. The van der Waals surface area contributed by atoms with Crippen LogP contribution >= 0.6 is 11.6 Å². The van der Waals surface area contributed by atoms with Gasteiger partial charge in [-0.1, -0.05) is 41.9 Å². The normalized spacial score (nSPS) is 10.4. The summed E-state index contributed by atoms with van der Waals surface area (Å²) < 4.78 is 1.61. The summed E-state index contributed by atoms with van der Waals surface area (Å²) in [7, 11) is 0. The molecule has 0 aliphatic carbocycles. The Labute approximate surface area is 172 Å². The van der Waals surface area contributed by atoms with Crippen molar-refractivity contribution in [3.8, 4) is 5.69 Å². The second-order valence-electron chi connectivity index (χ2n) is 6.43. The predicted octanol–water partition coefficient (Wildman–Crippen LogP) is 2.72. The highest BCUT2D eigenvalue weighted by atomic mass is 35.5. The van der Waals surface area contributed by atoms with Crippen LogP contribution in [0.4, 0.5) is 0 Å². The molecule has 3 aromatic rings. The van der Waals surface area contributed by atoms with Crippen LogP contribution < -0.4 is 10.9 Å². The molecule has 0 bridgehead atoms. The molecule has 3 rings (SSSR count). The van der Waals surface area contributed by atoms with Crippen molar-refractivity contribution in [3.05, 3.63) is 82.1 Å². The van der Waals surface area contributed by atoms with E-state index in [1.807, 2.05) is 30.3 Å². The Morgan fingerprint density at radius 3 is 2.28 bits per heavy atom. The Kier molecular flexibility index (Phi) is 6.09. The zero-order valence-electron chi connectivity index (χ0n) is 15.9. The molecule has 2 amide bonds. The van der Waals surface area contributed by atoms with Crippen molar-refractivity contribution >= 4 is 29.2 Å². The fourth-order valence-corrected chi connectivity index (χ4v) is 3.05. The molecule has 0 aliphatic rings. The Balaban J connectivity index is 1.66. The van der Waals surface area contributed by atoms with E-state index in [-0.39, 0.29) is 12.0 Å². The minimum Gasteiger partial charge on any atom is -0.283 e. The van der Waals surface area contributed by atoms with Gasteiger partial charge in [0.15, 0.2) is 0 Å². The number of para-hydroxylation sites is 1. The number of hydrogen-bond acceptors (Lipinski definition) is 4. The number of nitrogens with one attached hydrogen (secondary N) is 2. The van der Waals surface area contributed by atoms with Crippen LogP contribution in [0.2, 0.25) is 5.02 Å². The van der Waals surface area contributed by atoms with E-state index in [4.69, 9.17) is 11.6 Å². The molecule has 8 heteroatoms. The monoisotopic (exact) mass is 410 g/mol. The van der Waals surface area contributed by atoms with E-state index in [0.29, 0.717) is 16.4 Å². The van der Waals surface area contributed by atoms with Crippen LogP contribution in [0.15, 0.2) is 54.6 Å². The van der Waals surface area contributed by atoms with Crippen molar-refractivity contribution in [2.45, 2.75) is 20.3 Å². The van der Waals surface area contributed by atoms with Crippen molar-refractivity contribution in [2.75, 3.05) is 0 Å². The van der Waals surface area contributed by atoms with Gasteiger partial charge in [-0.25, -0.2) is 4.68 Å². The number of aryl methyl sites for hydroxylation is 1. The van der Waals surface area contributed by atoms with Gasteiger partial charge < -0.3 is 0 Å². The van der Waals surface area contributed by atoms with E-state index in [0.717, 1.165) is 11.3 Å². The van der Waals surface area contributed by atoms with Gasteiger partial charge in [-0.05, 0) is 43.7 Å². The maximum Gasteiger partial charge on any atom is 0.310 e. The lowest BCUT2D eigenvalue weighted by atomic mass is 10.1. The van der Waals surface area contributed by atoms with Crippen molar-refractivity contribution in [1.82, 2.24) is 20.6 Å². The van der Waals surface area contributed by atoms with Gasteiger partial charge in [0.25, 0.3) is 5.78 Å². The van der Waals surface area contributed by atoms with Crippen molar-refractivity contribution in [2.24, 2.45) is 0 Å². The zero-order valence-corrected chi connectivity index (χ0v) is 16.7. The Bertz CT molecular complexity index is 1060. The smallest absolute Gasteiger partial charge is 0.283 e. The molecule has 1 heterocycles. The number of rotatable bonds is 5. The fraction of sp³-hybridized carbons (Fsp3) is 0.143. The number of ketones is 1. The van der Waals surface area contributed by atoms with E-state index in [1.54, 1.807) is 42.8 Å². The number of nitrogens with zero attached hydrogens (tertiary/aromatic N) is 2. The average molecular weight is 411 g/mol. The molecule has 148 valence electrons. The number of hydrogen-bond donors (Lipinski definition) is 2. The number of carbonyl (C=O) groups excluding carboxylic acids is 3. The summed E-state index contributed by atoms with van der Waals surface area (Å²) in [4.78, 5) is 36.9. The molecule has 0 saturated heterocycles. The third kappa shape index (κ3) is 4.70. The van der Waals surface area contributed by atoms with Crippen molar-refractivity contribution in [1.29, 1.82) is 0 Å². The lowest BCUT2D eigenvalue weighted by Crippen LogP contribution is -2.45. The maximum atomic E-state index is 12.6. The summed E-state index contributed by atoms with van der Waals surface area (Å²) in [6.45, 7) is 3.37. The number of aromatic nitrogens is 2. The summed E-state index contributed by atoms with van der Waals surface area (Å²) in [6.07, 6.45) is 0.0373. The average Bonchev–Trinajstić information content (AvgIpc) is 3.02. The van der Waals surface area contributed by atoms with E-state index >= 15 is 0 Å². The molecule has 0 atom stereocenters. The van der Waals surface area contributed by atoms with Gasteiger partial charge in [-0.15, -0.1) is 0 Å². The summed E-state index contributed by atoms with van der Waals surface area (Å²) >= 11 is 5.81. The predicted molar refractivity (Wildman–Crippen MR) is 109 cm³/mol. The van der Waals surface area contributed by atoms with Crippen molar-refractivity contribution < 1.29 is 14.4 Å². The SMILES string of the molecule is Cc1nn(-c2ccccc2)c(C)c1C(=O)C(=O)NNC(=O)Cc1ccc(Cl)cc1. The number of Topliss-reactive ketones (excluding diaryl/α,β-unsaturated/α-hetero) is 1. The highest BCUT2D eigenvalue weighted by molar-refractivity contribution is 6.43. The summed E-state index contributed by atoms with van der Waals surface area (Å²) in [5.41, 5.74) is 7.10. The molecular formula is C21H19ClN4O3. The first-order valence-corrected chi connectivity index (χ1v) is 9.24. The minimum absolute atomic E-state index is 0.0373. The van der Waals surface area contributed by atoms with E-state index in [9.17, 15) is 14.4 Å². The molecule has 0 aliphatic heterocycles. The summed E-state index contributed by atoms with van der Waals surface area (Å²) in [6, 6.07) is 16.0. The summed E-state index contributed by atoms with van der Waals surface area (Å²) in [5, 5.41) is 4.92. The Morgan fingerprint density at radius 2 is 1.62 bits per heavy atom. The number of hydrazine groups is 1. The molecule has 0 fully saturated rings. The fourth-order valence-electron chi connectivity index (χ4n) is 2.92. The van der Waals surface area contributed by atoms with Crippen molar-refractivity contribution in [3.63, 3.8) is 0 Å². The molecular weight excluding hydrogens is 392 g/mol. The number of carbonyl (C=O) groups is 3. The molecule has 0 unspecified atom stereocenters. The molecule has 0 spiro atoms. The highest BCUT2D eigenvalue weighted by Gasteiger charge is 2.25. The Hall–Kier alpha value is -3.45. The van der Waals surface area contributed by atoms with Gasteiger partial charge in [-0.3, -0.25) is 25.2 Å². The van der Waals surface area contributed by atoms with Crippen LogP contribution in [0.5, 0.6) is 0 Å². The van der Waals surface area contributed by atoms with Gasteiger partial charge >= 0.3 is 5.91 Å². The molecule has 0 radical (unpaired) electrons. The lowest BCUT2D eigenvalue weighted by molar-refractivity contribution is -0.126. The number of halogens is 1. The molecule has 2 aromatic carbocycles. The van der Waals surface area contributed by atoms with Gasteiger partial charge in [0.1, 0.15) is 0 Å². The quantitative estimate of drug-likeness (QED) is 0.384. The second kappa shape index (κ2) is 8.70. The van der Waals surface area contributed by atoms with E-state index in [2.05, 4.69) is 16.0 Å². The number of amides is 2. The van der Waals surface area contributed by atoms with Crippen LogP contribution in [0.3, 0.4) is 0 Å². The van der Waals surface area contributed by atoms with Crippen LogP contribution in [-0.4, -0.2) is 27.4 Å². The largest absolute Gasteiger partial charge is 0.310 e. The molecule has 29 heavy (non-hydrogen) atoms. The molecule has 1 aromatic heterocycles. The third-order valence-corrected chi connectivity index (χ3v) is 4.57. The molecule has 0 saturated carbocycles. The van der Waals surface area contributed by atoms with Crippen LogP contribution in [0.1, 0.15) is 27.3 Å². The van der Waals surface area contributed by atoms with Gasteiger partial charge in [0.05, 0.1) is 29.1 Å². The second-order valence-corrected chi connectivity index (χ2v) is 6.86. The van der Waals surface area contributed by atoms with Crippen LogP contribution in [0, 0.1) is 13.8 Å². The van der Waals surface area contributed by atoms with Crippen LogP contribution in [0.25, 0.3) is 5.69 Å². The first-order valence-electron chi connectivity index (χ1n) is 8.86. The van der Waals surface area contributed by atoms with E-state index in [1.165, 1.54) is 0 Å². The summed E-state index contributed by atoms with van der Waals surface area (Å²) in [5.74, 6) is -2.16. The molecule has 2 N–H and O–H groups in total. The first-order chi connectivity index (χ1) is 13.9. The lowest BCUT2D eigenvalue weighted by Gasteiger charge is -2.08. The molecule has 7 nitrogen and oxygen atoms in total. The van der Waals surface area contributed by atoms with Gasteiger partial charge in [0, 0.05) is 5.02 Å². The number of benzene rings is 2.